The van der Waals surface area contributed by atoms with Crippen LogP contribution in [0.3, 0.4) is 0 Å². The number of amides is 2. The molecular formula is C19H19ClN4O4. The van der Waals surface area contributed by atoms with E-state index in [1.165, 1.54) is 12.1 Å². The van der Waals surface area contributed by atoms with E-state index in [0.29, 0.717) is 25.2 Å². The number of nitrogens with zero attached hydrogens (tertiary/aromatic N) is 3. The Balaban J connectivity index is 1.70. The summed E-state index contributed by atoms with van der Waals surface area (Å²) in [5.74, 6) is -0.384. The maximum Gasteiger partial charge on any atom is 0.270 e. The fourth-order valence-electron chi connectivity index (χ4n) is 3.17. The van der Waals surface area contributed by atoms with E-state index in [9.17, 15) is 19.7 Å². The van der Waals surface area contributed by atoms with Crippen molar-refractivity contribution >= 4 is 34.9 Å². The van der Waals surface area contributed by atoms with Gasteiger partial charge >= 0.3 is 0 Å². The summed E-state index contributed by atoms with van der Waals surface area (Å²) < 4.78 is 0. The zero-order valence-electron chi connectivity index (χ0n) is 15.2. The van der Waals surface area contributed by atoms with Gasteiger partial charge in [0.05, 0.1) is 21.4 Å². The average molecular weight is 403 g/mol. The molecule has 0 spiro atoms. The molecular weight excluding hydrogens is 384 g/mol. The molecule has 2 heterocycles. The number of carbonyl (C=O) groups excluding carboxylic acids is 2. The molecule has 1 saturated heterocycles. The number of pyridine rings is 1. The molecule has 1 atom stereocenters. The molecule has 146 valence electrons. The molecule has 0 radical (unpaired) electrons. The maximum atomic E-state index is 12.8. The van der Waals surface area contributed by atoms with Gasteiger partial charge in [0, 0.05) is 31.4 Å². The Morgan fingerprint density at radius 3 is 2.82 bits per heavy atom. The molecule has 0 saturated carbocycles. The van der Waals surface area contributed by atoms with Crippen LogP contribution >= 0.6 is 11.6 Å². The maximum absolute atomic E-state index is 12.8. The molecule has 1 aromatic carbocycles. The first kappa shape index (κ1) is 19.8. The van der Waals surface area contributed by atoms with Gasteiger partial charge in [0.15, 0.2) is 0 Å². The van der Waals surface area contributed by atoms with Gasteiger partial charge in [-0.25, -0.2) is 4.98 Å². The van der Waals surface area contributed by atoms with Crippen LogP contribution in [0.25, 0.3) is 0 Å². The Labute approximate surface area is 166 Å². The molecule has 1 N–H and O–H groups in total. The molecule has 28 heavy (non-hydrogen) atoms. The lowest BCUT2D eigenvalue weighted by Crippen LogP contribution is -2.44. The van der Waals surface area contributed by atoms with Crippen molar-refractivity contribution < 1.29 is 14.5 Å². The van der Waals surface area contributed by atoms with Crippen LogP contribution in [0.5, 0.6) is 0 Å². The molecule has 1 aliphatic heterocycles. The molecule has 1 unspecified atom stereocenters. The van der Waals surface area contributed by atoms with Crippen molar-refractivity contribution in [3.63, 3.8) is 0 Å². The largest absolute Gasteiger partial charge is 0.338 e. The van der Waals surface area contributed by atoms with Crippen molar-refractivity contribution in [2.24, 2.45) is 5.92 Å². The van der Waals surface area contributed by atoms with Crippen molar-refractivity contribution in [2.75, 3.05) is 18.4 Å². The van der Waals surface area contributed by atoms with Crippen LogP contribution in [0.4, 0.5) is 11.5 Å². The number of nitro groups is 1. The Kier molecular flexibility index (Phi) is 5.89. The number of nitro benzene ring substituents is 1. The summed E-state index contributed by atoms with van der Waals surface area (Å²) in [5, 5.41) is 13.7. The molecule has 1 fully saturated rings. The molecule has 2 aromatic rings. The highest BCUT2D eigenvalue weighted by Gasteiger charge is 2.30. The van der Waals surface area contributed by atoms with Crippen molar-refractivity contribution in [1.29, 1.82) is 0 Å². The van der Waals surface area contributed by atoms with Gasteiger partial charge in [-0.3, -0.25) is 19.7 Å². The van der Waals surface area contributed by atoms with Gasteiger partial charge < -0.3 is 10.2 Å². The molecule has 1 aliphatic rings. The number of anilines is 1. The number of rotatable bonds is 4. The fraction of sp³-hybridized carbons (Fsp3) is 0.316. The zero-order valence-corrected chi connectivity index (χ0v) is 16.0. The molecule has 8 nitrogen and oxygen atoms in total. The van der Waals surface area contributed by atoms with Gasteiger partial charge in [-0.15, -0.1) is 0 Å². The standard InChI is InChI=1S/C19H19ClN4O4/c1-12-4-2-8-21-17(12)22-18(25)13-5-3-9-23(11-13)19(26)15-7-6-14(24(27)28)10-16(15)20/h2,4,6-8,10,13H,3,5,9,11H2,1H3,(H,21,22,25). The van der Waals surface area contributed by atoms with Crippen molar-refractivity contribution in [1.82, 2.24) is 9.88 Å². The third kappa shape index (κ3) is 4.28. The monoisotopic (exact) mass is 402 g/mol. The Morgan fingerprint density at radius 1 is 1.36 bits per heavy atom. The predicted molar refractivity (Wildman–Crippen MR) is 104 cm³/mol. The minimum absolute atomic E-state index is 0.0230. The highest BCUT2D eigenvalue weighted by Crippen LogP contribution is 2.26. The van der Waals surface area contributed by atoms with E-state index in [0.717, 1.165) is 11.6 Å². The van der Waals surface area contributed by atoms with E-state index >= 15 is 0 Å². The topological polar surface area (TPSA) is 105 Å². The van der Waals surface area contributed by atoms with Gasteiger partial charge in [-0.1, -0.05) is 17.7 Å². The summed E-state index contributed by atoms with van der Waals surface area (Å²) in [6.45, 7) is 2.61. The number of halogens is 1. The van der Waals surface area contributed by atoms with E-state index in [4.69, 9.17) is 11.6 Å². The van der Waals surface area contributed by atoms with Crippen LogP contribution in [0, 0.1) is 23.0 Å². The summed E-state index contributed by atoms with van der Waals surface area (Å²) in [7, 11) is 0. The summed E-state index contributed by atoms with van der Waals surface area (Å²) >= 11 is 6.07. The first-order chi connectivity index (χ1) is 13.4. The number of hydrogen-bond donors (Lipinski definition) is 1. The number of nitrogens with one attached hydrogen (secondary N) is 1. The van der Waals surface area contributed by atoms with Gasteiger partial charge in [0.2, 0.25) is 5.91 Å². The zero-order chi connectivity index (χ0) is 20.3. The number of carbonyl (C=O) groups is 2. The number of non-ortho nitro benzene ring substituents is 1. The fourth-order valence-corrected chi connectivity index (χ4v) is 3.43. The van der Waals surface area contributed by atoms with Crippen molar-refractivity contribution in [3.8, 4) is 0 Å². The van der Waals surface area contributed by atoms with Gasteiger partial charge in [-0.2, -0.15) is 0 Å². The minimum atomic E-state index is -0.568. The number of likely N-dealkylation sites (tertiary alicyclic amines) is 1. The highest BCUT2D eigenvalue weighted by molar-refractivity contribution is 6.34. The lowest BCUT2D eigenvalue weighted by atomic mass is 9.96. The van der Waals surface area contributed by atoms with Crippen LogP contribution in [-0.4, -0.2) is 39.7 Å². The second kappa shape index (κ2) is 8.35. The Hall–Kier alpha value is -3.00. The van der Waals surface area contributed by atoms with Gasteiger partial charge in [0.25, 0.3) is 11.6 Å². The second-order valence-electron chi connectivity index (χ2n) is 6.67. The SMILES string of the molecule is Cc1cccnc1NC(=O)C1CCCN(C(=O)c2ccc([N+](=O)[O-])cc2Cl)C1. The van der Waals surface area contributed by atoms with Crippen LogP contribution in [0.1, 0.15) is 28.8 Å². The number of piperidine rings is 1. The molecule has 3 rings (SSSR count). The molecule has 9 heteroatoms. The molecule has 1 aromatic heterocycles. The van der Waals surface area contributed by atoms with E-state index in [1.54, 1.807) is 17.2 Å². The first-order valence-electron chi connectivity index (χ1n) is 8.82. The van der Waals surface area contributed by atoms with Gasteiger partial charge in [-0.05, 0) is 37.5 Å². The first-order valence-corrected chi connectivity index (χ1v) is 9.20. The highest BCUT2D eigenvalue weighted by atomic mass is 35.5. The number of aromatic nitrogens is 1. The number of benzene rings is 1. The normalized spacial score (nSPS) is 16.5. The number of aryl methyl sites for hydroxylation is 1. The predicted octanol–water partition coefficient (Wildman–Crippen LogP) is 3.44. The average Bonchev–Trinajstić information content (AvgIpc) is 2.69. The van der Waals surface area contributed by atoms with Crippen LogP contribution in [0.15, 0.2) is 36.5 Å². The third-order valence-electron chi connectivity index (χ3n) is 4.72. The van der Waals surface area contributed by atoms with Crippen molar-refractivity contribution in [3.05, 3.63) is 62.8 Å². The summed E-state index contributed by atoms with van der Waals surface area (Å²) in [6, 6.07) is 7.41. The third-order valence-corrected chi connectivity index (χ3v) is 5.04. The summed E-state index contributed by atoms with van der Waals surface area (Å²) in [4.78, 5) is 41.4. The van der Waals surface area contributed by atoms with Crippen LogP contribution < -0.4 is 5.32 Å². The minimum Gasteiger partial charge on any atom is -0.338 e. The molecule has 0 aliphatic carbocycles. The van der Waals surface area contributed by atoms with Crippen LogP contribution in [-0.2, 0) is 4.79 Å². The van der Waals surface area contributed by atoms with Crippen LogP contribution in [0.2, 0.25) is 5.02 Å². The van der Waals surface area contributed by atoms with E-state index < -0.39 is 4.92 Å². The summed E-state index contributed by atoms with van der Waals surface area (Å²) in [5.41, 5.74) is 0.870. The lowest BCUT2D eigenvalue weighted by molar-refractivity contribution is -0.384. The van der Waals surface area contributed by atoms with Gasteiger partial charge in [0.1, 0.15) is 5.82 Å². The lowest BCUT2D eigenvalue weighted by Gasteiger charge is -2.32. The summed E-state index contributed by atoms with van der Waals surface area (Å²) in [6.07, 6.45) is 2.95. The molecule has 2 amide bonds. The Bertz CT molecular complexity index is 934. The van der Waals surface area contributed by atoms with Crippen molar-refractivity contribution in [2.45, 2.75) is 19.8 Å². The molecule has 0 bridgehead atoms. The van der Waals surface area contributed by atoms with E-state index in [1.807, 2.05) is 13.0 Å². The Morgan fingerprint density at radius 2 is 2.14 bits per heavy atom. The number of hydrogen-bond acceptors (Lipinski definition) is 5. The smallest absolute Gasteiger partial charge is 0.270 e. The quantitative estimate of drug-likeness (QED) is 0.622. The van der Waals surface area contributed by atoms with E-state index in [2.05, 4.69) is 10.3 Å². The van der Waals surface area contributed by atoms with E-state index in [-0.39, 0.29) is 40.6 Å². The second-order valence-corrected chi connectivity index (χ2v) is 7.08.